The Labute approximate surface area is 121 Å². The molecule has 0 spiro atoms. The number of halogens is 2. The van der Waals surface area contributed by atoms with E-state index in [1.54, 1.807) is 20.8 Å². The van der Waals surface area contributed by atoms with Crippen molar-refractivity contribution in [3.05, 3.63) is 0 Å². The van der Waals surface area contributed by atoms with Crippen LogP contribution in [0.1, 0.15) is 27.2 Å². The van der Waals surface area contributed by atoms with Gasteiger partial charge in [-0.1, -0.05) is 0 Å². The SMILES string of the molecule is CC(C)(C)OC(=O)NCC(O)OC(=O)N1CCC(F)(F)C1. The number of aliphatic hydroxyl groups is 1. The molecule has 1 rings (SSSR count). The Balaban J connectivity index is 2.29. The number of hydrogen-bond donors (Lipinski definition) is 2. The van der Waals surface area contributed by atoms with Crippen molar-refractivity contribution in [2.45, 2.75) is 45.0 Å². The highest BCUT2D eigenvalue weighted by atomic mass is 19.3. The fraction of sp³-hybridized carbons (Fsp3) is 0.833. The minimum absolute atomic E-state index is 0.141. The highest BCUT2D eigenvalue weighted by Crippen LogP contribution is 2.27. The van der Waals surface area contributed by atoms with Crippen molar-refractivity contribution in [1.29, 1.82) is 0 Å². The number of rotatable bonds is 3. The number of likely N-dealkylation sites (tertiary alicyclic amines) is 1. The van der Waals surface area contributed by atoms with E-state index in [0.29, 0.717) is 0 Å². The third kappa shape index (κ3) is 6.56. The molecule has 1 fully saturated rings. The summed E-state index contributed by atoms with van der Waals surface area (Å²) in [6.07, 6.45) is -3.91. The lowest BCUT2D eigenvalue weighted by Gasteiger charge is -2.21. The van der Waals surface area contributed by atoms with E-state index in [0.717, 1.165) is 4.90 Å². The molecule has 0 aromatic heterocycles. The van der Waals surface area contributed by atoms with Crippen LogP contribution in [0.15, 0.2) is 0 Å². The average molecular weight is 310 g/mol. The number of alkyl halides is 2. The third-order valence-electron chi connectivity index (χ3n) is 2.48. The molecule has 0 aromatic rings. The summed E-state index contributed by atoms with van der Waals surface area (Å²) < 4.78 is 35.3. The number of hydrogen-bond acceptors (Lipinski definition) is 5. The molecule has 2 N–H and O–H groups in total. The molecule has 0 saturated carbocycles. The maximum absolute atomic E-state index is 12.9. The Bertz CT molecular complexity index is 398. The van der Waals surface area contributed by atoms with Gasteiger partial charge in [-0.2, -0.15) is 0 Å². The van der Waals surface area contributed by atoms with E-state index in [9.17, 15) is 23.5 Å². The second kappa shape index (κ2) is 6.42. The standard InChI is InChI=1S/C12H20F2N2O5/c1-11(2,3)21-9(18)15-6-8(17)20-10(19)16-5-4-12(13,14)7-16/h8,17H,4-7H2,1-3H3,(H,15,18). The monoisotopic (exact) mass is 310 g/mol. The van der Waals surface area contributed by atoms with Crippen molar-refractivity contribution in [3.8, 4) is 0 Å². The van der Waals surface area contributed by atoms with Crippen molar-refractivity contribution in [1.82, 2.24) is 10.2 Å². The molecule has 1 unspecified atom stereocenters. The van der Waals surface area contributed by atoms with Crippen molar-refractivity contribution < 1.29 is 33.0 Å². The predicted molar refractivity (Wildman–Crippen MR) is 67.9 cm³/mol. The van der Waals surface area contributed by atoms with Crippen LogP contribution in [0.2, 0.25) is 0 Å². The lowest BCUT2D eigenvalue weighted by Crippen LogP contribution is -2.41. The number of aliphatic hydroxyl groups excluding tert-OH is 1. The van der Waals surface area contributed by atoms with E-state index >= 15 is 0 Å². The van der Waals surface area contributed by atoms with Crippen LogP contribution >= 0.6 is 0 Å². The molecule has 0 radical (unpaired) electrons. The summed E-state index contributed by atoms with van der Waals surface area (Å²) in [7, 11) is 0. The summed E-state index contributed by atoms with van der Waals surface area (Å²) in [5.74, 6) is -2.93. The molecular weight excluding hydrogens is 290 g/mol. The quantitative estimate of drug-likeness (QED) is 0.767. The Hall–Kier alpha value is -1.64. The van der Waals surface area contributed by atoms with E-state index in [1.165, 1.54) is 0 Å². The first-order valence-corrected chi connectivity index (χ1v) is 6.47. The summed E-state index contributed by atoms with van der Waals surface area (Å²) in [6, 6.07) is 0. The van der Waals surface area contributed by atoms with Gasteiger partial charge in [-0.25, -0.2) is 18.4 Å². The molecular formula is C12H20F2N2O5. The van der Waals surface area contributed by atoms with E-state index < -0.39 is 49.5 Å². The zero-order chi connectivity index (χ0) is 16.3. The largest absolute Gasteiger partial charge is 0.444 e. The molecule has 1 saturated heterocycles. The first-order valence-electron chi connectivity index (χ1n) is 6.47. The van der Waals surface area contributed by atoms with Crippen molar-refractivity contribution in [2.75, 3.05) is 19.6 Å². The number of nitrogens with one attached hydrogen (secondary N) is 1. The summed E-state index contributed by atoms with van der Waals surface area (Å²) in [5, 5.41) is 11.6. The molecule has 1 aliphatic rings. The van der Waals surface area contributed by atoms with Gasteiger partial charge in [0.2, 0.25) is 6.29 Å². The zero-order valence-corrected chi connectivity index (χ0v) is 12.2. The average Bonchev–Trinajstić information content (AvgIpc) is 2.65. The van der Waals surface area contributed by atoms with Gasteiger partial charge in [0, 0.05) is 13.0 Å². The summed E-state index contributed by atoms with van der Waals surface area (Å²) >= 11 is 0. The van der Waals surface area contributed by atoms with Crippen molar-refractivity contribution >= 4 is 12.2 Å². The van der Waals surface area contributed by atoms with Gasteiger partial charge in [0.1, 0.15) is 5.60 Å². The molecule has 9 heteroatoms. The molecule has 1 aliphatic heterocycles. The maximum Gasteiger partial charge on any atom is 0.412 e. The molecule has 122 valence electrons. The zero-order valence-electron chi connectivity index (χ0n) is 12.2. The van der Waals surface area contributed by atoms with Crippen LogP contribution in [0, 0.1) is 0 Å². The Morgan fingerprint density at radius 2 is 2.05 bits per heavy atom. The van der Waals surface area contributed by atoms with Crippen LogP contribution in [-0.2, 0) is 9.47 Å². The number of amides is 2. The second-order valence-corrected chi connectivity index (χ2v) is 5.75. The third-order valence-corrected chi connectivity index (χ3v) is 2.48. The summed E-state index contributed by atoms with van der Waals surface area (Å²) in [6.45, 7) is 3.71. The van der Waals surface area contributed by atoms with E-state index in [1.807, 2.05) is 0 Å². The Kier molecular flexibility index (Phi) is 5.32. The van der Waals surface area contributed by atoms with Crippen LogP contribution in [0.3, 0.4) is 0 Å². The first kappa shape index (κ1) is 17.4. The highest BCUT2D eigenvalue weighted by molar-refractivity contribution is 5.69. The molecule has 7 nitrogen and oxygen atoms in total. The van der Waals surface area contributed by atoms with E-state index in [-0.39, 0.29) is 6.54 Å². The smallest absolute Gasteiger partial charge is 0.412 e. The van der Waals surface area contributed by atoms with Crippen molar-refractivity contribution in [2.24, 2.45) is 0 Å². The van der Waals surface area contributed by atoms with Crippen LogP contribution in [0.4, 0.5) is 18.4 Å². The number of alkyl carbamates (subject to hydrolysis) is 1. The maximum atomic E-state index is 12.9. The molecule has 0 aromatic carbocycles. The number of carbonyl (C=O) groups is 2. The summed E-state index contributed by atoms with van der Waals surface area (Å²) in [4.78, 5) is 23.6. The van der Waals surface area contributed by atoms with Crippen molar-refractivity contribution in [3.63, 3.8) is 0 Å². The number of ether oxygens (including phenoxy) is 2. The Morgan fingerprint density at radius 3 is 2.52 bits per heavy atom. The van der Waals surface area contributed by atoms with Crippen LogP contribution in [-0.4, -0.2) is 59.6 Å². The molecule has 1 atom stereocenters. The minimum Gasteiger partial charge on any atom is -0.444 e. The lowest BCUT2D eigenvalue weighted by atomic mass is 10.2. The highest BCUT2D eigenvalue weighted by Gasteiger charge is 2.41. The van der Waals surface area contributed by atoms with E-state index in [4.69, 9.17) is 4.74 Å². The minimum atomic E-state index is -2.93. The van der Waals surface area contributed by atoms with Gasteiger partial charge in [-0.15, -0.1) is 0 Å². The van der Waals surface area contributed by atoms with Gasteiger partial charge in [-0.3, -0.25) is 0 Å². The molecule has 1 heterocycles. The van der Waals surface area contributed by atoms with Crippen LogP contribution in [0.25, 0.3) is 0 Å². The molecule has 21 heavy (non-hydrogen) atoms. The molecule has 0 aliphatic carbocycles. The van der Waals surface area contributed by atoms with Gasteiger partial charge < -0.3 is 24.8 Å². The second-order valence-electron chi connectivity index (χ2n) is 5.75. The Morgan fingerprint density at radius 1 is 1.43 bits per heavy atom. The lowest BCUT2D eigenvalue weighted by molar-refractivity contribution is -0.0644. The van der Waals surface area contributed by atoms with Crippen LogP contribution in [0.5, 0.6) is 0 Å². The van der Waals surface area contributed by atoms with Gasteiger partial charge in [-0.05, 0) is 20.8 Å². The molecule has 2 amide bonds. The summed E-state index contributed by atoms with van der Waals surface area (Å²) in [5.41, 5.74) is -0.702. The van der Waals surface area contributed by atoms with Gasteiger partial charge >= 0.3 is 12.2 Å². The fourth-order valence-electron chi connectivity index (χ4n) is 1.61. The van der Waals surface area contributed by atoms with E-state index in [2.05, 4.69) is 10.1 Å². The van der Waals surface area contributed by atoms with Gasteiger partial charge in [0.15, 0.2) is 0 Å². The topological polar surface area (TPSA) is 88.1 Å². The van der Waals surface area contributed by atoms with Gasteiger partial charge in [0.25, 0.3) is 5.92 Å². The fourth-order valence-corrected chi connectivity index (χ4v) is 1.61. The van der Waals surface area contributed by atoms with Gasteiger partial charge in [0.05, 0.1) is 13.1 Å². The normalized spacial score (nSPS) is 19.0. The number of nitrogens with zero attached hydrogens (tertiary/aromatic N) is 1. The van der Waals surface area contributed by atoms with Crippen LogP contribution < -0.4 is 5.32 Å². The molecule has 0 bridgehead atoms. The first-order chi connectivity index (χ1) is 9.48. The predicted octanol–water partition coefficient (Wildman–Crippen LogP) is 1.31. The number of carbonyl (C=O) groups excluding carboxylic acids is 2.